The Kier molecular flexibility index (Phi) is 13.8. The van der Waals surface area contributed by atoms with Gasteiger partial charge in [-0.2, -0.15) is 5.10 Å². The van der Waals surface area contributed by atoms with E-state index in [0.29, 0.717) is 26.1 Å². The highest BCUT2D eigenvalue weighted by Crippen LogP contribution is 2.32. The summed E-state index contributed by atoms with van der Waals surface area (Å²) in [5.41, 5.74) is 6.61. The molecule has 3 heterocycles. The fraction of sp³-hybridized carbons (Fsp3) is 0.410. The molecule has 0 saturated carbocycles. The second-order valence-electron chi connectivity index (χ2n) is 12.0. The summed E-state index contributed by atoms with van der Waals surface area (Å²) in [7, 11) is 0. The molecule has 252 valence electrons. The van der Waals surface area contributed by atoms with Gasteiger partial charge in [-0.25, -0.2) is 9.67 Å². The molecule has 1 fully saturated rings. The van der Waals surface area contributed by atoms with Crippen molar-refractivity contribution in [2.24, 2.45) is 5.92 Å². The van der Waals surface area contributed by atoms with Crippen LogP contribution in [0.5, 0.6) is 0 Å². The predicted molar refractivity (Wildman–Crippen MR) is 194 cm³/mol. The summed E-state index contributed by atoms with van der Waals surface area (Å²) in [6.07, 6.45) is 3.16. The first-order valence-electron chi connectivity index (χ1n) is 16.9. The van der Waals surface area contributed by atoms with Crippen molar-refractivity contribution >= 4 is 24.6 Å². The summed E-state index contributed by atoms with van der Waals surface area (Å²) in [5, 5.41) is 30.3. The summed E-state index contributed by atoms with van der Waals surface area (Å²) in [5.74, 6) is -0.105. The molecule has 0 spiro atoms. The van der Waals surface area contributed by atoms with Crippen LogP contribution in [-0.2, 0) is 4.79 Å². The highest BCUT2D eigenvalue weighted by Gasteiger charge is 2.29. The molecule has 5 rings (SSSR count). The molecule has 4 aromatic rings. The van der Waals surface area contributed by atoms with E-state index >= 15 is 0 Å². The lowest BCUT2D eigenvalue weighted by Crippen LogP contribution is -2.29. The quantitative estimate of drug-likeness (QED) is 0.192. The van der Waals surface area contributed by atoms with Crippen LogP contribution in [0.25, 0.3) is 29.7 Å². The number of pyridine rings is 1. The van der Waals surface area contributed by atoms with Crippen LogP contribution in [0.2, 0.25) is 0 Å². The maximum absolute atomic E-state index is 11.4. The first kappa shape index (κ1) is 37.0. The average Bonchev–Trinajstić information content (AvgIpc) is 3.69. The van der Waals surface area contributed by atoms with Gasteiger partial charge in [-0.1, -0.05) is 103 Å². The predicted octanol–water partition coefficient (Wildman–Crippen LogP) is 6.50. The van der Waals surface area contributed by atoms with Crippen LogP contribution < -0.4 is 20.7 Å². The lowest BCUT2D eigenvalue weighted by molar-refractivity contribution is -0.140. The van der Waals surface area contributed by atoms with E-state index in [2.05, 4.69) is 52.6 Å². The van der Waals surface area contributed by atoms with Crippen LogP contribution >= 0.6 is 0 Å². The lowest BCUT2D eigenvalue weighted by Gasteiger charge is -2.18. The summed E-state index contributed by atoms with van der Waals surface area (Å²) < 4.78 is 1.97. The monoisotopic (exact) mass is 639 g/mol. The van der Waals surface area contributed by atoms with Crippen molar-refractivity contribution in [2.45, 2.75) is 80.3 Å². The van der Waals surface area contributed by atoms with E-state index in [-0.39, 0.29) is 11.8 Å². The van der Waals surface area contributed by atoms with Crippen molar-refractivity contribution in [3.63, 3.8) is 0 Å². The molecule has 0 radical (unpaired) electrons. The van der Waals surface area contributed by atoms with Gasteiger partial charge >= 0.3 is 5.97 Å². The molecule has 0 aliphatic carbocycles. The van der Waals surface area contributed by atoms with Crippen molar-refractivity contribution in [3.8, 4) is 16.9 Å². The number of aliphatic hydroxyl groups is 1. The van der Waals surface area contributed by atoms with E-state index in [0.717, 1.165) is 55.7 Å². The van der Waals surface area contributed by atoms with E-state index in [9.17, 15) is 15.0 Å². The Morgan fingerprint density at radius 3 is 2.34 bits per heavy atom. The van der Waals surface area contributed by atoms with E-state index in [4.69, 9.17) is 10.1 Å². The Morgan fingerprint density at radius 2 is 1.74 bits per heavy atom. The molecule has 1 aliphatic rings. The lowest BCUT2D eigenvalue weighted by atomic mass is 9.95. The zero-order valence-corrected chi connectivity index (χ0v) is 29.4. The van der Waals surface area contributed by atoms with Crippen LogP contribution in [-0.4, -0.2) is 50.6 Å². The SMILES string of the molecule is C=c1cccc(-c2nn(-c3ccc(N4CCC(C(=O)O)C4)nc3C)c(C)c2C(C)C)/c1=C/NCC(O)c1ccccc1.CC.CCC. The molecular formula is C39H53N5O3. The van der Waals surface area contributed by atoms with Crippen LogP contribution in [0.1, 0.15) is 88.9 Å². The standard InChI is InChI=1S/C34H39N5O3.C3H8.C2H6/c1-21(2)32-24(5)39(29-14-15-31(36-23(29)4)38-17-16-26(20-38)34(41)42)37-33(32)27-13-9-10-22(3)28(27)18-35-19-30(40)25-11-7-6-8-12-25;1-3-2;1-2/h6-15,18,21,26,30,35,40H,3,16-17,19-20H2,1-2,4-5H3,(H,41,42);3H2,1-2H3;1-2H3/b28-18+;;. The number of rotatable bonds is 9. The van der Waals surface area contributed by atoms with Gasteiger partial charge in [-0.3, -0.25) is 4.79 Å². The van der Waals surface area contributed by atoms with Gasteiger partial charge in [-0.05, 0) is 49.1 Å². The first-order valence-corrected chi connectivity index (χ1v) is 16.9. The minimum absolute atomic E-state index is 0.216. The number of anilines is 1. The second kappa shape index (κ2) is 17.5. The number of aliphatic carboxylic acids is 1. The van der Waals surface area contributed by atoms with Gasteiger partial charge in [0.2, 0.25) is 0 Å². The molecule has 0 amide bonds. The van der Waals surface area contributed by atoms with Crippen LogP contribution in [0.3, 0.4) is 0 Å². The molecule has 2 unspecified atom stereocenters. The Labute approximate surface area is 280 Å². The second-order valence-corrected chi connectivity index (χ2v) is 12.0. The third-order valence-electron chi connectivity index (χ3n) is 8.07. The van der Waals surface area contributed by atoms with E-state index in [1.54, 1.807) is 0 Å². The van der Waals surface area contributed by atoms with Crippen molar-refractivity contribution in [3.05, 3.63) is 93.6 Å². The number of hydrogen-bond acceptors (Lipinski definition) is 6. The number of nitrogens with one attached hydrogen (secondary N) is 1. The average molecular weight is 640 g/mol. The summed E-state index contributed by atoms with van der Waals surface area (Å²) in [6.45, 7) is 22.5. The minimum atomic E-state index is -0.753. The molecule has 2 aromatic heterocycles. The van der Waals surface area contributed by atoms with Crippen molar-refractivity contribution < 1.29 is 15.0 Å². The molecule has 0 bridgehead atoms. The third-order valence-corrected chi connectivity index (χ3v) is 8.07. The van der Waals surface area contributed by atoms with Gasteiger partial charge in [-0.15, -0.1) is 0 Å². The third kappa shape index (κ3) is 8.89. The fourth-order valence-corrected chi connectivity index (χ4v) is 5.80. The molecule has 2 atom stereocenters. The number of aromatic nitrogens is 3. The highest BCUT2D eigenvalue weighted by molar-refractivity contribution is 5.72. The number of carboxylic acids is 1. The number of carboxylic acid groups (broad SMARTS) is 1. The number of aryl methyl sites for hydroxylation is 1. The van der Waals surface area contributed by atoms with Gasteiger partial charge in [0.25, 0.3) is 0 Å². The molecule has 1 saturated heterocycles. The largest absolute Gasteiger partial charge is 0.481 e. The number of nitrogens with zero attached hydrogens (tertiary/aromatic N) is 4. The number of hydrogen-bond donors (Lipinski definition) is 3. The highest BCUT2D eigenvalue weighted by atomic mass is 16.4. The number of carbonyl (C=O) groups is 1. The van der Waals surface area contributed by atoms with Gasteiger partial charge in [0.1, 0.15) is 5.82 Å². The Balaban J connectivity index is 0.00000114. The van der Waals surface area contributed by atoms with Crippen molar-refractivity contribution in [1.29, 1.82) is 0 Å². The number of benzene rings is 2. The van der Waals surface area contributed by atoms with Gasteiger partial charge in [0, 0.05) is 47.9 Å². The van der Waals surface area contributed by atoms with Crippen LogP contribution in [0.15, 0.2) is 60.7 Å². The molecule has 8 nitrogen and oxygen atoms in total. The van der Waals surface area contributed by atoms with Crippen molar-refractivity contribution in [1.82, 2.24) is 20.1 Å². The molecule has 8 heteroatoms. The first-order chi connectivity index (χ1) is 22.6. The van der Waals surface area contributed by atoms with Gasteiger partial charge < -0.3 is 20.4 Å². The summed E-state index contributed by atoms with van der Waals surface area (Å²) in [4.78, 5) is 18.3. The zero-order valence-electron chi connectivity index (χ0n) is 29.4. The Bertz CT molecular complexity index is 1710. The Morgan fingerprint density at radius 1 is 1.06 bits per heavy atom. The summed E-state index contributed by atoms with van der Waals surface area (Å²) >= 11 is 0. The van der Waals surface area contributed by atoms with Crippen LogP contribution in [0, 0.1) is 19.8 Å². The fourth-order valence-electron chi connectivity index (χ4n) is 5.80. The van der Waals surface area contributed by atoms with Gasteiger partial charge in [0.15, 0.2) is 0 Å². The molecular weight excluding hydrogens is 586 g/mol. The number of aliphatic hydroxyl groups excluding tert-OH is 1. The normalized spacial score (nSPS) is 15.1. The van der Waals surface area contributed by atoms with Gasteiger partial charge in [0.05, 0.1) is 29.1 Å². The van der Waals surface area contributed by atoms with E-state index in [1.165, 1.54) is 6.42 Å². The maximum atomic E-state index is 11.4. The zero-order chi connectivity index (χ0) is 34.7. The van der Waals surface area contributed by atoms with Crippen LogP contribution in [0.4, 0.5) is 5.82 Å². The van der Waals surface area contributed by atoms with Crippen molar-refractivity contribution in [2.75, 3.05) is 24.5 Å². The molecule has 1 aliphatic heterocycles. The summed E-state index contributed by atoms with van der Waals surface area (Å²) in [6, 6.07) is 19.6. The smallest absolute Gasteiger partial charge is 0.308 e. The minimum Gasteiger partial charge on any atom is -0.481 e. The Hall–Kier alpha value is -4.43. The van der Waals surface area contributed by atoms with E-state index < -0.39 is 12.1 Å². The maximum Gasteiger partial charge on any atom is 0.308 e. The van der Waals surface area contributed by atoms with E-state index in [1.807, 2.05) is 91.2 Å². The molecule has 2 aromatic carbocycles. The molecule has 47 heavy (non-hydrogen) atoms. The molecule has 3 N–H and O–H groups in total. The topological polar surface area (TPSA) is 104 Å².